The fourth-order valence-electron chi connectivity index (χ4n) is 3.83. The molecule has 0 aliphatic heterocycles. The number of carboxylic acid groups (broad SMARTS) is 1. The number of hydrogen-bond acceptors (Lipinski definition) is 5. The zero-order chi connectivity index (χ0) is 22.8. The van der Waals surface area contributed by atoms with Crippen LogP contribution in [0.15, 0.2) is 47.1 Å². The molecule has 0 amide bonds. The average Bonchev–Trinajstić information content (AvgIpc) is 3.42. The molecular formula is C24H24ClN3O4. The van der Waals surface area contributed by atoms with Crippen LogP contribution in [0.1, 0.15) is 45.1 Å². The van der Waals surface area contributed by atoms with E-state index in [4.69, 9.17) is 20.9 Å². The normalized spacial score (nSPS) is 12.4. The summed E-state index contributed by atoms with van der Waals surface area (Å²) in [7, 11) is 0. The lowest BCUT2D eigenvalue weighted by Gasteiger charge is -2.15. The first-order valence-electron chi connectivity index (χ1n) is 10.5. The van der Waals surface area contributed by atoms with E-state index in [1.165, 1.54) is 0 Å². The van der Waals surface area contributed by atoms with Crippen molar-refractivity contribution < 1.29 is 19.2 Å². The van der Waals surface area contributed by atoms with Gasteiger partial charge in [0.2, 0.25) is 5.82 Å². The summed E-state index contributed by atoms with van der Waals surface area (Å²) in [6.07, 6.45) is 2.65. The fourth-order valence-corrected chi connectivity index (χ4v) is 4.06. The third-order valence-electron chi connectivity index (χ3n) is 5.32. The van der Waals surface area contributed by atoms with Crippen molar-refractivity contribution in [1.82, 2.24) is 15.1 Å². The molecule has 2 heterocycles. The molecule has 0 saturated heterocycles. The van der Waals surface area contributed by atoms with Crippen LogP contribution < -0.4 is 4.74 Å². The summed E-state index contributed by atoms with van der Waals surface area (Å²) in [6, 6.07) is 11.1. The van der Waals surface area contributed by atoms with Gasteiger partial charge in [-0.3, -0.25) is 4.79 Å². The van der Waals surface area contributed by atoms with E-state index in [-0.39, 0.29) is 18.4 Å². The number of carbonyl (C=O) groups is 1. The zero-order valence-electron chi connectivity index (χ0n) is 18.1. The van der Waals surface area contributed by atoms with Crippen molar-refractivity contribution in [2.75, 3.05) is 0 Å². The molecule has 166 valence electrons. The van der Waals surface area contributed by atoms with Gasteiger partial charge in [-0.15, -0.1) is 0 Å². The van der Waals surface area contributed by atoms with Crippen LogP contribution in [-0.2, 0) is 4.79 Å². The standard InChI is InChI=1S/C24H24ClN3O4/c1-4-14(12-21(29)30)16-6-7-18(17-9-10-26-22(16)17)23-27-24(32-28-23)15-5-8-20(19(25)11-15)31-13(2)3/h5-11,13-14,26H,4,12H2,1-3H3,(H,29,30). The highest BCUT2D eigenvalue weighted by Gasteiger charge is 2.21. The first kappa shape index (κ1) is 21.9. The molecule has 0 bridgehead atoms. The number of rotatable bonds is 8. The summed E-state index contributed by atoms with van der Waals surface area (Å²) >= 11 is 6.35. The molecule has 8 heteroatoms. The molecule has 0 spiro atoms. The number of halogens is 1. The molecule has 4 aromatic rings. The van der Waals surface area contributed by atoms with Gasteiger partial charge in [-0.1, -0.05) is 35.8 Å². The highest BCUT2D eigenvalue weighted by molar-refractivity contribution is 6.32. The highest BCUT2D eigenvalue weighted by Crippen LogP contribution is 2.36. The molecule has 0 aliphatic rings. The number of aromatic amines is 1. The van der Waals surface area contributed by atoms with Crippen LogP contribution >= 0.6 is 11.6 Å². The second kappa shape index (κ2) is 9.04. The molecule has 2 aromatic carbocycles. The maximum atomic E-state index is 11.3. The maximum absolute atomic E-state index is 11.3. The number of nitrogens with one attached hydrogen (secondary N) is 1. The van der Waals surface area contributed by atoms with Crippen LogP contribution in [0.4, 0.5) is 0 Å². The van der Waals surface area contributed by atoms with Crippen LogP contribution in [0.2, 0.25) is 5.02 Å². The Balaban J connectivity index is 1.69. The third kappa shape index (κ3) is 4.34. The van der Waals surface area contributed by atoms with Crippen molar-refractivity contribution in [3.63, 3.8) is 0 Å². The van der Waals surface area contributed by atoms with Gasteiger partial charge < -0.3 is 19.4 Å². The average molecular weight is 454 g/mol. The Morgan fingerprint density at radius 3 is 2.75 bits per heavy atom. The van der Waals surface area contributed by atoms with Crippen molar-refractivity contribution in [3.8, 4) is 28.6 Å². The van der Waals surface area contributed by atoms with E-state index in [1.807, 2.05) is 51.2 Å². The molecule has 1 atom stereocenters. The summed E-state index contributed by atoms with van der Waals surface area (Å²) in [6.45, 7) is 5.86. The van der Waals surface area contributed by atoms with Crippen LogP contribution in [0.25, 0.3) is 33.7 Å². The molecule has 32 heavy (non-hydrogen) atoms. The Kier molecular flexibility index (Phi) is 6.19. The summed E-state index contributed by atoms with van der Waals surface area (Å²) in [4.78, 5) is 19.1. The van der Waals surface area contributed by atoms with Crippen LogP contribution in [0.3, 0.4) is 0 Å². The number of aromatic nitrogens is 3. The Hall–Kier alpha value is -3.32. The predicted molar refractivity (Wildman–Crippen MR) is 123 cm³/mol. The molecule has 7 nitrogen and oxygen atoms in total. The van der Waals surface area contributed by atoms with Crippen molar-refractivity contribution in [2.24, 2.45) is 0 Å². The third-order valence-corrected chi connectivity index (χ3v) is 5.61. The lowest BCUT2D eigenvalue weighted by Crippen LogP contribution is -2.06. The van der Waals surface area contributed by atoms with Crippen LogP contribution in [0, 0.1) is 0 Å². The first-order valence-corrected chi connectivity index (χ1v) is 10.9. The van der Waals surface area contributed by atoms with Gasteiger partial charge in [-0.2, -0.15) is 4.98 Å². The molecule has 4 rings (SSSR count). The Labute approximate surface area is 190 Å². The molecule has 0 fully saturated rings. The maximum Gasteiger partial charge on any atom is 0.303 e. The van der Waals surface area contributed by atoms with Gasteiger partial charge in [-0.25, -0.2) is 0 Å². The Morgan fingerprint density at radius 1 is 1.25 bits per heavy atom. The van der Waals surface area contributed by atoms with Crippen molar-refractivity contribution in [1.29, 1.82) is 0 Å². The number of aliphatic carboxylic acids is 1. The summed E-state index contributed by atoms with van der Waals surface area (Å²) < 4.78 is 11.2. The fraction of sp³-hybridized carbons (Fsp3) is 0.292. The Bertz CT molecular complexity index is 1260. The largest absolute Gasteiger partial charge is 0.489 e. The summed E-state index contributed by atoms with van der Waals surface area (Å²) in [5, 5.41) is 14.8. The lowest BCUT2D eigenvalue weighted by molar-refractivity contribution is -0.137. The molecule has 1 unspecified atom stereocenters. The molecule has 0 aliphatic carbocycles. The SMILES string of the molecule is CCC(CC(=O)O)c1ccc(-c2noc(-c3ccc(OC(C)C)c(Cl)c3)n2)c2cc[nH]c12. The van der Waals surface area contributed by atoms with Gasteiger partial charge >= 0.3 is 5.97 Å². The van der Waals surface area contributed by atoms with Crippen LogP contribution in [-0.4, -0.2) is 32.3 Å². The van der Waals surface area contributed by atoms with Gasteiger partial charge in [0.15, 0.2) is 0 Å². The van der Waals surface area contributed by atoms with Gasteiger partial charge in [0.05, 0.1) is 17.5 Å². The molecule has 2 aromatic heterocycles. The lowest BCUT2D eigenvalue weighted by atomic mass is 9.90. The van der Waals surface area contributed by atoms with E-state index in [0.29, 0.717) is 28.1 Å². The molecular weight excluding hydrogens is 430 g/mol. The number of carboxylic acids is 1. The smallest absolute Gasteiger partial charge is 0.303 e. The van der Waals surface area contributed by atoms with Gasteiger partial charge in [0.1, 0.15) is 5.75 Å². The highest BCUT2D eigenvalue weighted by atomic mass is 35.5. The molecule has 2 N–H and O–H groups in total. The second-order valence-corrected chi connectivity index (χ2v) is 8.31. The van der Waals surface area contributed by atoms with Gasteiger partial charge in [0, 0.05) is 28.2 Å². The number of H-pyrrole nitrogens is 1. The topological polar surface area (TPSA) is 101 Å². The number of ether oxygens (including phenoxy) is 1. The minimum Gasteiger partial charge on any atom is -0.489 e. The minimum atomic E-state index is -0.813. The molecule has 0 radical (unpaired) electrons. The monoisotopic (exact) mass is 453 g/mol. The van der Waals surface area contributed by atoms with Crippen molar-refractivity contribution >= 4 is 28.5 Å². The first-order chi connectivity index (χ1) is 15.4. The van der Waals surface area contributed by atoms with E-state index in [1.54, 1.807) is 12.1 Å². The Morgan fingerprint density at radius 2 is 2.06 bits per heavy atom. The van der Waals surface area contributed by atoms with Gasteiger partial charge in [0.25, 0.3) is 5.89 Å². The number of nitrogens with zero attached hydrogens (tertiary/aromatic N) is 2. The van der Waals surface area contributed by atoms with E-state index in [2.05, 4.69) is 15.1 Å². The number of fused-ring (bicyclic) bond motifs is 1. The van der Waals surface area contributed by atoms with Crippen molar-refractivity contribution in [2.45, 2.75) is 45.6 Å². The molecule has 0 saturated carbocycles. The van der Waals surface area contributed by atoms with E-state index >= 15 is 0 Å². The quantitative estimate of drug-likeness (QED) is 0.325. The van der Waals surface area contributed by atoms with Gasteiger partial charge in [-0.05, 0) is 56.0 Å². The number of benzene rings is 2. The van der Waals surface area contributed by atoms with E-state index in [9.17, 15) is 9.90 Å². The number of hydrogen-bond donors (Lipinski definition) is 2. The zero-order valence-corrected chi connectivity index (χ0v) is 18.8. The predicted octanol–water partition coefficient (Wildman–Crippen LogP) is 6.29. The second-order valence-electron chi connectivity index (χ2n) is 7.91. The summed E-state index contributed by atoms with van der Waals surface area (Å²) in [5.41, 5.74) is 3.35. The van der Waals surface area contributed by atoms with Crippen LogP contribution in [0.5, 0.6) is 5.75 Å². The summed E-state index contributed by atoms with van der Waals surface area (Å²) in [5.74, 6) is 0.495. The van der Waals surface area contributed by atoms with E-state index < -0.39 is 5.97 Å². The van der Waals surface area contributed by atoms with Crippen molar-refractivity contribution in [3.05, 3.63) is 53.2 Å². The van der Waals surface area contributed by atoms with E-state index in [0.717, 1.165) is 28.5 Å². The minimum absolute atomic E-state index is 0.0166.